The highest BCUT2D eigenvalue weighted by Gasteiger charge is 2.40. The van der Waals surface area contributed by atoms with Gasteiger partial charge >= 0.3 is 0 Å². The van der Waals surface area contributed by atoms with E-state index < -0.39 is 11.6 Å². The maximum Gasteiger partial charge on any atom is 0.254 e. The maximum absolute atomic E-state index is 13.9. The predicted molar refractivity (Wildman–Crippen MR) is 75.5 cm³/mol. The van der Waals surface area contributed by atoms with Crippen LogP contribution in [0.2, 0.25) is 0 Å². The summed E-state index contributed by atoms with van der Waals surface area (Å²) in [6.07, 6.45) is 3.13. The van der Waals surface area contributed by atoms with Crippen LogP contribution in [0.4, 0.5) is 4.39 Å². The predicted octanol–water partition coefficient (Wildman–Crippen LogP) is 2.55. The molecule has 1 spiro atoms. The van der Waals surface area contributed by atoms with E-state index in [1.54, 1.807) is 19.1 Å². The third-order valence-electron chi connectivity index (χ3n) is 4.33. The lowest BCUT2D eigenvalue weighted by Crippen LogP contribution is -2.44. The van der Waals surface area contributed by atoms with Crippen LogP contribution in [0.25, 0.3) is 0 Å². The molecule has 1 aliphatic carbocycles. The summed E-state index contributed by atoms with van der Waals surface area (Å²) >= 11 is 0. The van der Waals surface area contributed by atoms with Crippen molar-refractivity contribution in [3.63, 3.8) is 0 Å². The number of nitrogens with one attached hydrogen (secondary N) is 1. The van der Waals surface area contributed by atoms with Gasteiger partial charge in [0.1, 0.15) is 5.82 Å². The molecule has 1 aromatic rings. The SMILES string of the molecule is Cc1cccc(C(=O)NC2CCC3(CC2)OCCO3)c1F. The molecule has 4 nitrogen and oxygen atoms in total. The second kappa shape index (κ2) is 5.73. The molecule has 1 aromatic carbocycles. The second-order valence-corrected chi connectivity index (χ2v) is 5.79. The Morgan fingerprint density at radius 2 is 1.95 bits per heavy atom. The standard InChI is InChI=1S/C16H20FNO3/c1-11-3-2-4-13(14(11)17)15(19)18-12-5-7-16(8-6-12)20-9-10-21-16/h2-4,12H,5-10H2,1H3,(H,18,19). The number of benzene rings is 1. The minimum atomic E-state index is -0.440. The summed E-state index contributed by atoms with van der Waals surface area (Å²) in [6.45, 7) is 2.95. The van der Waals surface area contributed by atoms with E-state index in [1.807, 2.05) is 0 Å². The van der Waals surface area contributed by atoms with Gasteiger partial charge in [0.05, 0.1) is 18.8 Å². The first-order valence-corrected chi connectivity index (χ1v) is 7.44. The van der Waals surface area contributed by atoms with Gasteiger partial charge in [-0.3, -0.25) is 4.79 Å². The number of hydrogen-bond donors (Lipinski definition) is 1. The summed E-state index contributed by atoms with van der Waals surface area (Å²) < 4.78 is 25.3. The average Bonchev–Trinajstić information content (AvgIpc) is 2.93. The quantitative estimate of drug-likeness (QED) is 0.911. The summed E-state index contributed by atoms with van der Waals surface area (Å²) in [5, 5.41) is 2.92. The molecule has 2 aliphatic rings. The summed E-state index contributed by atoms with van der Waals surface area (Å²) in [6, 6.07) is 4.93. The van der Waals surface area contributed by atoms with E-state index in [0.717, 1.165) is 25.7 Å². The maximum atomic E-state index is 13.9. The molecule has 114 valence electrons. The first-order chi connectivity index (χ1) is 10.1. The van der Waals surface area contributed by atoms with Crippen LogP contribution in [-0.2, 0) is 9.47 Å². The van der Waals surface area contributed by atoms with Crippen molar-refractivity contribution in [2.45, 2.75) is 44.4 Å². The number of hydrogen-bond acceptors (Lipinski definition) is 3. The van der Waals surface area contributed by atoms with Gasteiger partial charge in [0.25, 0.3) is 5.91 Å². The van der Waals surface area contributed by atoms with E-state index in [1.165, 1.54) is 6.07 Å². The molecule has 1 amide bonds. The minimum Gasteiger partial charge on any atom is -0.349 e. The molecule has 1 saturated heterocycles. The van der Waals surface area contributed by atoms with Crippen LogP contribution in [0.15, 0.2) is 18.2 Å². The Kier molecular flexibility index (Phi) is 3.95. The van der Waals surface area contributed by atoms with Crippen molar-refractivity contribution in [2.75, 3.05) is 13.2 Å². The Bertz CT molecular complexity index is 530. The van der Waals surface area contributed by atoms with Crippen LogP contribution >= 0.6 is 0 Å². The van der Waals surface area contributed by atoms with E-state index >= 15 is 0 Å². The molecule has 21 heavy (non-hydrogen) atoms. The fourth-order valence-corrected chi connectivity index (χ4v) is 3.07. The molecule has 1 N–H and O–H groups in total. The lowest BCUT2D eigenvalue weighted by atomic mass is 9.90. The van der Waals surface area contributed by atoms with Crippen molar-refractivity contribution >= 4 is 5.91 Å². The Morgan fingerprint density at radius 3 is 2.62 bits per heavy atom. The van der Waals surface area contributed by atoms with Gasteiger partial charge in [-0.2, -0.15) is 0 Å². The average molecular weight is 293 g/mol. The molecular weight excluding hydrogens is 273 g/mol. The normalized spacial score (nSPS) is 21.6. The van der Waals surface area contributed by atoms with E-state index in [9.17, 15) is 9.18 Å². The molecular formula is C16H20FNO3. The zero-order valence-corrected chi connectivity index (χ0v) is 12.2. The van der Waals surface area contributed by atoms with Crippen molar-refractivity contribution in [1.82, 2.24) is 5.32 Å². The number of carbonyl (C=O) groups excluding carboxylic acids is 1. The zero-order chi connectivity index (χ0) is 14.9. The molecule has 1 saturated carbocycles. The summed E-state index contributed by atoms with van der Waals surface area (Å²) in [4.78, 5) is 12.2. The van der Waals surface area contributed by atoms with Crippen molar-refractivity contribution in [3.8, 4) is 0 Å². The lowest BCUT2D eigenvalue weighted by Gasteiger charge is -2.35. The number of aryl methyl sites for hydroxylation is 1. The largest absolute Gasteiger partial charge is 0.349 e. The fraction of sp³-hybridized carbons (Fsp3) is 0.562. The van der Waals surface area contributed by atoms with Crippen molar-refractivity contribution in [2.24, 2.45) is 0 Å². The van der Waals surface area contributed by atoms with Crippen LogP contribution in [0.1, 0.15) is 41.6 Å². The number of halogens is 1. The fourth-order valence-electron chi connectivity index (χ4n) is 3.07. The number of rotatable bonds is 2. The Labute approximate surface area is 123 Å². The van der Waals surface area contributed by atoms with Crippen LogP contribution in [0, 0.1) is 12.7 Å². The summed E-state index contributed by atoms with van der Waals surface area (Å²) in [5.41, 5.74) is 0.599. The third kappa shape index (κ3) is 2.94. The molecule has 2 fully saturated rings. The van der Waals surface area contributed by atoms with Gasteiger partial charge in [0.15, 0.2) is 5.79 Å². The molecule has 0 aromatic heterocycles. The Morgan fingerprint density at radius 1 is 1.29 bits per heavy atom. The van der Waals surface area contributed by atoms with Crippen molar-refractivity contribution in [1.29, 1.82) is 0 Å². The van der Waals surface area contributed by atoms with Crippen LogP contribution in [-0.4, -0.2) is 30.9 Å². The molecule has 5 heteroatoms. The molecule has 0 bridgehead atoms. The van der Waals surface area contributed by atoms with E-state index in [0.29, 0.717) is 18.8 Å². The van der Waals surface area contributed by atoms with E-state index in [2.05, 4.69) is 5.32 Å². The lowest BCUT2D eigenvalue weighted by molar-refractivity contribution is -0.179. The highest BCUT2D eigenvalue weighted by atomic mass is 19.1. The van der Waals surface area contributed by atoms with Gasteiger partial charge in [-0.05, 0) is 31.4 Å². The molecule has 1 aliphatic heterocycles. The number of ether oxygens (including phenoxy) is 2. The van der Waals surface area contributed by atoms with Gasteiger partial charge < -0.3 is 14.8 Å². The van der Waals surface area contributed by atoms with E-state index in [-0.39, 0.29) is 17.5 Å². The van der Waals surface area contributed by atoms with Gasteiger partial charge in [-0.1, -0.05) is 12.1 Å². The van der Waals surface area contributed by atoms with Crippen molar-refractivity contribution < 1.29 is 18.7 Å². The van der Waals surface area contributed by atoms with Crippen LogP contribution in [0.3, 0.4) is 0 Å². The monoisotopic (exact) mass is 293 g/mol. The first kappa shape index (κ1) is 14.5. The molecule has 0 radical (unpaired) electrons. The van der Waals surface area contributed by atoms with Crippen molar-refractivity contribution in [3.05, 3.63) is 35.1 Å². The molecule has 0 atom stereocenters. The molecule has 3 rings (SSSR count). The third-order valence-corrected chi connectivity index (χ3v) is 4.33. The summed E-state index contributed by atoms with van der Waals surface area (Å²) in [7, 11) is 0. The van der Waals surface area contributed by atoms with Crippen LogP contribution < -0.4 is 5.32 Å². The van der Waals surface area contributed by atoms with E-state index in [4.69, 9.17) is 9.47 Å². The topological polar surface area (TPSA) is 47.6 Å². The smallest absolute Gasteiger partial charge is 0.254 e. The van der Waals surface area contributed by atoms with Gasteiger partial charge in [0, 0.05) is 18.9 Å². The second-order valence-electron chi connectivity index (χ2n) is 5.79. The molecule has 0 unspecified atom stereocenters. The zero-order valence-electron chi connectivity index (χ0n) is 12.2. The van der Waals surface area contributed by atoms with Gasteiger partial charge in [-0.25, -0.2) is 4.39 Å². The first-order valence-electron chi connectivity index (χ1n) is 7.44. The highest BCUT2D eigenvalue weighted by Crippen LogP contribution is 2.35. The Hall–Kier alpha value is -1.46. The minimum absolute atomic E-state index is 0.0517. The van der Waals surface area contributed by atoms with Gasteiger partial charge in [-0.15, -0.1) is 0 Å². The summed E-state index contributed by atoms with van der Waals surface area (Å²) in [5.74, 6) is -1.22. The highest BCUT2D eigenvalue weighted by molar-refractivity contribution is 5.94. The van der Waals surface area contributed by atoms with Gasteiger partial charge in [0.2, 0.25) is 0 Å². The Balaban J connectivity index is 1.60. The van der Waals surface area contributed by atoms with Crippen LogP contribution in [0.5, 0.6) is 0 Å². The number of amides is 1. The number of carbonyl (C=O) groups is 1. The molecule has 1 heterocycles.